The maximum absolute atomic E-state index is 14.1. The summed E-state index contributed by atoms with van der Waals surface area (Å²) >= 11 is 0. The number of benzene rings is 1. The van der Waals surface area contributed by atoms with Gasteiger partial charge in [0.05, 0.1) is 24.9 Å². The molecule has 260 valence electrons. The molecule has 16 heteroatoms. The summed E-state index contributed by atoms with van der Waals surface area (Å²) in [5, 5.41) is 6.47. The molecule has 0 aliphatic carbocycles. The van der Waals surface area contributed by atoms with Gasteiger partial charge in [-0.15, -0.1) is 0 Å². The zero-order valence-corrected chi connectivity index (χ0v) is 28.6. The predicted molar refractivity (Wildman–Crippen MR) is 176 cm³/mol. The van der Waals surface area contributed by atoms with Crippen LogP contribution in [0.5, 0.6) is 0 Å². The number of nitrogens with zero attached hydrogens (tertiary/aromatic N) is 5. The van der Waals surface area contributed by atoms with Crippen molar-refractivity contribution in [2.75, 3.05) is 36.5 Å². The molecule has 48 heavy (non-hydrogen) atoms. The SMILES string of the molecule is CC(CONC(=O)CC1=CCN(c2ncc(-c3ccccc3F)cn2)CC1C)Nc1cnn(COCC[Si](C)(C)C)c(=O)c1C(F)(F)F. The molecule has 0 bridgehead atoms. The largest absolute Gasteiger partial charge is 0.423 e. The quantitative estimate of drug-likeness (QED) is 0.0743. The maximum Gasteiger partial charge on any atom is 0.423 e. The Balaban J connectivity index is 1.26. The summed E-state index contributed by atoms with van der Waals surface area (Å²) in [6, 6.07) is 6.47. The molecule has 2 unspecified atom stereocenters. The smallest absolute Gasteiger partial charge is 0.378 e. The van der Waals surface area contributed by atoms with Gasteiger partial charge in [0.15, 0.2) is 0 Å². The first-order valence-electron chi connectivity index (χ1n) is 15.6. The van der Waals surface area contributed by atoms with Crippen LogP contribution in [0.1, 0.15) is 25.8 Å². The van der Waals surface area contributed by atoms with Crippen LogP contribution in [0, 0.1) is 11.7 Å². The van der Waals surface area contributed by atoms with E-state index in [1.54, 1.807) is 37.5 Å². The van der Waals surface area contributed by atoms with Crippen LogP contribution in [0.2, 0.25) is 25.7 Å². The number of carbonyl (C=O) groups is 1. The van der Waals surface area contributed by atoms with E-state index in [1.807, 2.05) is 17.9 Å². The lowest BCUT2D eigenvalue weighted by Gasteiger charge is -2.31. The molecule has 0 saturated heterocycles. The van der Waals surface area contributed by atoms with Crippen LogP contribution in [-0.4, -0.2) is 66.1 Å². The summed E-state index contributed by atoms with van der Waals surface area (Å²) in [6.45, 7) is 10.7. The third kappa shape index (κ3) is 10.2. The van der Waals surface area contributed by atoms with Crippen molar-refractivity contribution < 1.29 is 31.9 Å². The summed E-state index contributed by atoms with van der Waals surface area (Å²) in [6.07, 6.45) is 1.12. The van der Waals surface area contributed by atoms with Crippen molar-refractivity contribution in [2.45, 2.75) is 64.9 Å². The number of hydrogen-bond acceptors (Lipinski definition) is 9. The molecule has 3 heterocycles. The van der Waals surface area contributed by atoms with Crippen LogP contribution in [0.15, 0.2) is 59.3 Å². The van der Waals surface area contributed by atoms with Crippen LogP contribution in [0.4, 0.5) is 29.2 Å². The molecule has 1 amide bonds. The van der Waals surface area contributed by atoms with Crippen LogP contribution >= 0.6 is 0 Å². The summed E-state index contributed by atoms with van der Waals surface area (Å²) in [5.74, 6) is -0.307. The van der Waals surface area contributed by atoms with Crippen molar-refractivity contribution in [1.29, 1.82) is 0 Å². The Morgan fingerprint density at radius 2 is 1.85 bits per heavy atom. The Morgan fingerprint density at radius 1 is 1.15 bits per heavy atom. The maximum atomic E-state index is 14.1. The zero-order chi connectivity index (χ0) is 35.1. The molecular formula is C32H41F4N7O4Si. The topological polar surface area (TPSA) is 124 Å². The van der Waals surface area contributed by atoms with Crippen LogP contribution < -0.4 is 21.3 Å². The van der Waals surface area contributed by atoms with Gasteiger partial charge >= 0.3 is 6.18 Å². The lowest BCUT2D eigenvalue weighted by atomic mass is 9.94. The Kier molecular flexibility index (Phi) is 12.1. The third-order valence-corrected chi connectivity index (χ3v) is 9.33. The summed E-state index contributed by atoms with van der Waals surface area (Å²) in [5.41, 5.74) is 0.997. The van der Waals surface area contributed by atoms with Gasteiger partial charge in [0, 0.05) is 57.3 Å². The van der Waals surface area contributed by atoms with Gasteiger partial charge in [-0.3, -0.25) is 14.4 Å². The molecule has 1 aliphatic rings. The predicted octanol–water partition coefficient (Wildman–Crippen LogP) is 5.49. The molecule has 1 aromatic carbocycles. The molecule has 2 atom stereocenters. The van der Waals surface area contributed by atoms with E-state index in [0.29, 0.717) is 41.5 Å². The van der Waals surface area contributed by atoms with Crippen molar-refractivity contribution >= 4 is 25.6 Å². The van der Waals surface area contributed by atoms with Crippen LogP contribution in [-0.2, 0) is 27.3 Å². The fraction of sp³-hybridized carbons (Fsp3) is 0.469. The van der Waals surface area contributed by atoms with E-state index in [-0.39, 0.29) is 31.5 Å². The first kappa shape index (κ1) is 36.7. The van der Waals surface area contributed by atoms with Crippen LogP contribution in [0.25, 0.3) is 11.1 Å². The van der Waals surface area contributed by atoms with E-state index in [4.69, 9.17) is 9.57 Å². The minimum atomic E-state index is -4.94. The van der Waals surface area contributed by atoms with E-state index in [0.717, 1.165) is 17.8 Å². The molecule has 4 rings (SSSR count). The fourth-order valence-corrected chi connectivity index (χ4v) is 5.71. The molecule has 3 aromatic rings. The molecule has 11 nitrogen and oxygen atoms in total. The van der Waals surface area contributed by atoms with Gasteiger partial charge < -0.3 is 15.0 Å². The standard InChI is InChI=1S/C32H41F4N7O4Si/c1-21-18-42(31-37-15-24(16-38-31)25-8-6-7-9-26(25)33)11-10-23(21)14-28(44)41-47-19-22(2)40-27-17-39-43(20-46-12-13-48(3,4)5)30(45)29(27)32(34,35)36/h6-10,15-17,21-22,40H,11-14,18-20H2,1-5H3,(H,41,44). The Labute approximate surface area is 277 Å². The van der Waals surface area contributed by atoms with Crippen molar-refractivity contribution in [1.82, 2.24) is 25.2 Å². The molecule has 0 spiro atoms. The normalized spacial score (nSPS) is 16.0. The fourth-order valence-electron chi connectivity index (χ4n) is 4.95. The van der Waals surface area contributed by atoms with Gasteiger partial charge in [0.2, 0.25) is 11.9 Å². The van der Waals surface area contributed by atoms with E-state index in [9.17, 15) is 27.2 Å². The van der Waals surface area contributed by atoms with Gasteiger partial charge in [0.25, 0.3) is 5.56 Å². The Hall–Kier alpha value is -4.15. The van der Waals surface area contributed by atoms with Gasteiger partial charge in [-0.2, -0.15) is 18.3 Å². The van der Waals surface area contributed by atoms with Gasteiger partial charge in [-0.25, -0.2) is 24.5 Å². The molecule has 2 aromatic heterocycles. The average molecular weight is 692 g/mol. The highest BCUT2D eigenvalue weighted by Gasteiger charge is 2.38. The van der Waals surface area contributed by atoms with Crippen molar-refractivity contribution in [2.24, 2.45) is 5.92 Å². The molecule has 0 fully saturated rings. The summed E-state index contributed by atoms with van der Waals surface area (Å²) in [4.78, 5) is 41.3. The van der Waals surface area contributed by atoms with E-state index in [1.165, 1.54) is 6.07 Å². The number of amides is 1. The van der Waals surface area contributed by atoms with E-state index in [2.05, 4.69) is 45.5 Å². The van der Waals surface area contributed by atoms with Gasteiger partial charge in [-0.1, -0.05) is 56.4 Å². The number of hydroxylamine groups is 1. The number of halogens is 4. The number of alkyl halides is 3. The number of ether oxygens (including phenoxy) is 1. The number of nitrogens with one attached hydrogen (secondary N) is 2. The highest BCUT2D eigenvalue weighted by atomic mass is 28.3. The summed E-state index contributed by atoms with van der Waals surface area (Å²) in [7, 11) is -1.41. The van der Waals surface area contributed by atoms with Crippen molar-refractivity contribution in [3.05, 3.63) is 76.2 Å². The summed E-state index contributed by atoms with van der Waals surface area (Å²) < 4.78 is 61.8. The molecule has 0 saturated carbocycles. The molecule has 0 radical (unpaired) electrons. The highest BCUT2D eigenvalue weighted by molar-refractivity contribution is 6.76. The van der Waals surface area contributed by atoms with Crippen molar-refractivity contribution in [3.63, 3.8) is 0 Å². The first-order chi connectivity index (χ1) is 22.6. The second kappa shape index (κ2) is 15.8. The number of hydrogen-bond donors (Lipinski definition) is 2. The van der Waals surface area contributed by atoms with Crippen molar-refractivity contribution in [3.8, 4) is 11.1 Å². The van der Waals surface area contributed by atoms with Crippen LogP contribution in [0.3, 0.4) is 0 Å². The second-order valence-corrected chi connectivity index (χ2v) is 18.6. The molecule has 2 N–H and O–H groups in total. The van der Waals surface area contributed by atoms with Gasteiger partial charge in [-0.05, 0) is 25.0 Å². The first-order valence-corrected chi connectivity index (χ1v) is 19.3. The van der Waals surface area contributed by atoms with E-state index >= 15 is 0 Å². The zero-order valence-electron chi connectivity index (χ0n) is 27.6. The number of anilines is 2. The number of aromatic nitrogens is 4. The third-order valence-electron chi connectivity index (χ3n) is 7.63. The average Bonchev–Trinajstić information content (AvgIpc) is 3.00. The Morgan fingerprint density at radius 3 is 2.50 bits per heavy atom. The number of rotatable bonds is 14. The number of carbonyl (C=O) groups excluding carboxylic acids is 1. The molecule has 1 aliphatic heterocycles. The Bertz CT molecular complexity index is 1650. The lowest BCUT2D eigenvalue weighted by molar-refractivity contribution is -0.138. The van der Waals surface area contributed by atoms with E-state index < -0.39 is 43.0 Å². The minimum Gasteiger partial charge on any atom is -0.378 e. The minimum absolute atomic E-state index is 0.0129. The lowest BCUT2D eigenvalue weighted by Crippen LogP contribution is -2.37. The van der Waals surface area contributed by atoms with Gasteiger partial charge in [0.1, 0.15) is 18.1 Å². The second-order valence-electron chi connectivity index (χ2n) is 13.0. The highest BCUT2D eigenvalue weighted by Crippen LogP contribution is 2.32. The monoisotopic (exact) mass is 691 g/mol. The molecular weight excluding hydrogens is 650 g/mol.